The van der Waals surface area contributed by atoms with Crippen LogP contribution < -0.4 is 5.32 Å². The first-order valence-electron chi connectivity index (χ1n) is 3.39. The van der Waals surface area contributed by atoms with Crippen molar-refractivity contribution in [3.8, 4) is 0 Å². The second-order valence-corrected chi connectivity index (χ2v) is 2.19. The molecule has 0 aliphatic heterocycles. The van der Waals surface area contributed by atoms with Gasteiger partial charge in [-0.25, -0.2) is 0 Å². The molecule has 2 nitrogen and oxygen atoms in total. The largest absolute Gasteiger partial charge is 0.325 e. The van der Waals surface area contributed by atoms with E-state index in [9.17, 15) is 4.79 Å². The highest BCUT2D eigenvalue weighted by atomic mass is 35.5. The van der Waals surface area contributed by atoms with E-state index in [0.29, 0.717) is 0 Å². The van der Waals surface area contributed by atoms with Gasteiger partial charge in [-0.3, -0.25) is 4.79 Å². The first kappa shape index (κ1) is 10.2. The van der Waals surface area contributed by atoms with E-state index in [2.05, 4.69) is 5.32 Å². The molecule has 11 heavy (non-hydrogen) atoms. The van der Waals surface area contributed by atoms with E-state index in [1.807, 2.05) is 32.1 Å². The van der Waals surface area contributed by atoms with Crippen LogP contribution in [-0.2, 0) is 4.79 Å². The number of allylic oxidation sites excluding steroid dienone is 3. The lowest BCUT2D eigenvalue weighted by Crippen LogP contribution is -2.22. The number of hydrogen-bond donors (Lipinski definition) is 1. The van der Waals surface area contributed by atoms with Gasteiger partial charge in [-0.15, -0.1) is 11.6 Å². The molecule has 0 atom stereocenters. The Labute approximate surface area is 71.9 Å². The molecule has 0 aromatic heterocycles. The maximum atomic E-state index is 10.7. The Kier molecular flexibility index (Phi) is 5.57. The number of carbonyl (C=O) groups is 1. The molecule has 0 aliphatic rings. The van der Waals surface area contributed by atoms with Crippen LogP contribution in [0.2, 0.25) is 0 Å². The Bertz CT molecular complexity index is 185. The summed E-state index contributed by atoms with van der Waals surface area (Å²) in [4.78, 5) is 10.7. The Morgan fingerprint density at radius 1 is 1.55 bits per heavy atom. The number of hydrogen-bond acceptors (Lipinski definition) is 1. The minimum absolute atomic E-state index is 0.00507. The van der Waals surface area contributed by atoms with E-state index < -0.39 is 0 Å². The Balaban J connectivity index is 4.00. The van der Waals surface area contributed by atoms with Gasteiger partial charge in [0.05, 0.1) is 0 Å². The minimum Gasteiger partial charge on any atom is -0.325 e. The van der Waals surface area contributed by atoms with E-state index in [1.54, 1.807) is 0 Å². The quantitative estimate of drug-likeness (QED) is 0.512. The zero-order valence-electron chi connectivity index (χ0n) is 6.73. The van der Waals surface area contributed by atoms with Crippen molar-refractivity contribution in [1.82, 2.24) is 5.32 Å². The van der Waals surface area contributed by atoms with Crippen molar-refractivity contribution in [2.75, 3.05) is 5.88 Å². The van der Waals surface area contributed by atoms with Gasteiger partial charge in [-0.1, -0.05) is 12.2 Å². The summed E-state index contributed by atoms with van der Waals surface area (Å²) in [5.41, 5.74) is 0.776. The highest BCUT2D eigenvalue weighted by Crippen LogP contribution is 1.91. The Hall–Kier alpha value is -0.760. The van der Waals surface area contributed by atoms with E-state index in [4.69, 9.17) is 11.6 Å². The van der Waals surface area contributed by atoms with Gasteiger partial charge in [0.2, 0.25) is 5.91 Å². The molecule has 62 valence electrons. The van der Waals surface area contributed by atoms with E-state index >= 15 is 0 Å². The first-order chi connectivity index (χ1) is 5.24. The summed E-state index contributed by atoms with van der Waals surface area (Å²) in [5.74, 6) is -0.188. The fraction of sp³-hybridized carbons (Fsp3) is 0.375. The van der Waals surface area contributed by atoms with Gasteiger partial charge in [0, 0.05) is 5.70 Å². The topological polar surface area (TPSA) is 29.1 Å². The van der Waals surface area contributed by atoms with Gasteiger partial charge < -0.3 is 5.32 Å². The van der Waals surface area contributed by atoms with Crippen molar-refractivity contribution in [2.24, 2.45) is 0 Å². The molecular formula is C8H12ClNO. The molecule has 0 aliphatic carbocycles. The van der Waals surface area contributed by atoms with Crippen molar-refractivity contribution >= 4 is 17.5 Å². The molecule has 1 N–H and O–H groups in total. The summed E-state index contributed by atoms with van der Waals surface area (Å²) >= 11 is 5.29. The van der Waals surface area contributed by atoms with Crippen LogP contribution >= 0.6 is 11.6 Å². The van der Waals surface area contributed by atoms with Crippen molar-refractivity contribution in [2.45, 2.75) is 13.8 Å². The average Bonchev–Trinajstić information content (AvgIpc) is 2.03. The smallest absolute Gasteiger partial charge is 0.239 e. The second-order valence-electron chi connectivity index (χ2n) is 1.93. The maximum absolute atomic E-state index is 10.7. The van der Waals surface area contributed by atoms with Crippen LogP contribution in [0.3, 0.4) is 0 Å². The number of nitrogens with one attached hydrogen (secondary N) is 1. The van der Waals surface area contributed by atoms with Crippen LogP contribution in [0.1, 0.15) is 13.8 Å². The zero-order valence-corrected chi connectivity index (χ0v) is 7.48. The SMILES string of the molecule is C/C=C\C(=C/C)NC(=O)CCl. The lowest BCUT2D eigenvalue weighted by atomic mass is 10.3. The standard InChI is InChI=1S/C8H12ClNO/c1-3-5-7(4-2)10-8(11)6-9/h3-5H,6H2,1-2H3,(H,10,11)/b5-3-,7-4+. The molecule has 0 fully saturated rings. The fourth-order valence-electron chi connectivity index (χ4n) is 0.584. The molecule has 1 amide bonds. The summed E-state index contributed by atoms with van der Waals surface area (Å²) in [6.07, 6.45) is 5.47. The van der Waals surface area contributed by atoms with Gasteiger partial charge in [0.1, 0.15) is 5.88 Å². The van der Waals surface area contributed by atoms with Crippen LogP contribution in [-0.4, -0.2) is 11.8 Å². The summed E-state index contributed by atoms with van der Waals surface area (Å²) < 4.78 is 0. The predicted molar refractivity (Wildman–Crippen MR) is 47.4 cm³/mol. The Morgan fingerprint density at radius 3 is 2.55 bits per heavy atom. The second kappa shape index (κ2) is 5.98. The highest BCUT2D eigenvalue weighted by molar-refractivity contribution is 6.27. The van der Waals surface area contributed by atoms with Crippen LogP contribution in [0.25, 0.3) is 0 Å². The molecule has 0 unspecified atom stereocenters. The first-order valence-corrected chi connectivity index (χ1v) is 3.92. The van der Waals surface area contributed by atoms with Crippen LogP contribution in [0, 0.1) is 0 Å². The summed E-state index contributed by atoms with van der Waals surface area (Å²) in [6, 6.07) is 0. The van der Waals surface area contributed by atoms with Crippen LogP contribution in [0.15, 0.2) is 23.9 Å². The minimum atomic E-state index is -0.183. The lowest BCUT2D eigenvalue weighted by molar-refractivity contribution is -0.117. The number of halogens is 1. The molecule has 0 spiro atoms. The molecule has 0 aromatic carbocycles. The van der Waals surface area contributed by atoms with Crippen LogP contribution in [0.4, 0.5) is 0 Å². The van der Waals surface area contributed by atoms with E-state index in [0.717, 1.165) is 5.70 Å². The summed E-state index contributed by atoms with van der Waals surface area (Å²) in [5, 5.41) is 2.62. The van der Waals surface area contributed by atoms with Gasteiger partial charge in [0.25, 0.3) is 0 Å². The highest BCUT2D eigenvalue weighted by Gasteiger charge is 1.97. The monoisotopic (exact) mass is 173 g/mol. The molecular weight excluding hydrogens is 162 g/mol. The van der Waals surface area contributed by atoms with Crippen LogP contribution in [0.5, 0.6) is 0 Å². The van der Waals surface area contributed by atoms with Gasteiger partial charge >= 0.3 is 0 Å². The number of alkyl halides is 1. The molecule has 0 radical (unpaired) electrons. The third-order valence-corrected chi connectivity index (χ3v) is 1.31. The molecule has 3 heteroatoms. The van der Waals surface area contributed by atoms with Crippen molar-refractivity contribution in [1.29, 1.82) is 0 Å². The normalized spacial score (nSPS) is 12.1. The summed E-state index contributed by atoms with van der Waals surface area (Å²) in [7, 11) is 0. The Morgan fingerprint density at radius 2 is 2.18 bits per heavy atom. The molecule has 0 heterocycles. The van der Waals surface area contributed by atoms with Crippen molar-refractivity contribution < 1.29 is 4.79 Å². The third-order valence-electron chi connectivity index (χ3n) is 1.06. The van der Waals surface area contributed by atoms with Gasteiger partial charge in [-0.05, 0) is 19.9 Å². The molecule has 0 saturated carbocycles. The van der Waals surface area contributed by atoms with Crippen molar-refractivity contribution in [3.05, 3.63) is 23.9 Å². The fourth-order valence-corrected chi connectivity index (χ4v) is 0.651. The molecule has 0 saturated heterocycles. The zero-order chi connectivity index (χ0) is 8.69. The van der Waals surface area contributed by atoms with E-state index in [-0.39, 0.29) is 11.8 Å². The molecule has 0 bridgehead atoms. The molecule has 0 rings (SSSR count). The van der Waals surface area contributed by atoms with E-state index in [1.165, 1.54) is 0 Å². The van der Waals surface area contributed by atoms with Gasteiger partial charge in [0.15, 0.2) is 0 Å². The summed E-state index contributed by atoms with van der Waals surface area (Å²) in [6.45, 7) is 3.74. The maximum Gasteiger partial charge on any atom is 0.239 e. The number of rotatable bonds is 3. The molecule has 0 aromatic rings. The number of amides is 1. The van der Waals surface area contributed by atoms with Gasteiger partial charge in [-0.2, -0.15) is 0 Å². The number of carbonyl (C=O) groups excluding carboxylic acids is 1. The lowest BCUT2D eigenvalue weighted by Gasteiger charge is -2.01. The average molecular weight is 174 g/mol. The predicted octanol–water partition coefficient (Wildman–Crippen LogP) is 1.82. The van der Waals surface area contributed by atoms with Crippen molar-refractivity contribution in [3.63, 3.8) is 0 Å². The third kappa shape index (κ3) is 4.62.